The van der Waals surface area contributed by atoms with Gasteiger partial charge in [0, 0.05) is 19.5 Å². The highest BCUT2D eigenvalue weighted by atomic mass is 16.2. The van der Waals surface area contributed by atoms with Crippen LogP contribution in [0.1, 0.15) is 35.1 Å². The monoisotopic (exact) mass is 280 g/mol. The van der Waals surface area contributed by atoms with E-state index in [2.05, 4.69) is 17.5 Å². The van der Waals surface area contributed by atoms with Crippen LogP contribution in [0.3, 0.4) is 0 Å². The molecule has 1 aromatic rings. The zero-order chi connectivity index (χ0) is 15.0. The van der Waals surface area contributed by atoms with Crippen LogP contribution in [0.25, 0.3) is 0 Å². The first-order valence-corrected chi connectivity index (χ1v) is 6.66. The van der Waals surface area contributed by atoms with Crippen molar-refractivity contribution < 1.29 is 9.59 Å². The summed E-state index contributed by atoms with van der Waals surface area (Å²) < 4.78 is 0. The van der Waals surface area contributed by atoms with Gasteiger partial charge in [0.05, 0.1) is 29.3 Å². The zero-order valence-electron chi connectivity index (χ0n) is 11.2. The molecule has 21 heavy (non-hydrogen) atoms. The first-order chi connectivity index (χ1) is 10.1. The van der Waals surface area contributed by atoms with E-state index in [0.717, 1.165) is 11.1 Å². The molecule has 0 bridgehead atoms. The van der Waals surface area contributed by atoms with Gasteiger partial charge in [0.2, 0.25) is 11.8 Å². The van der Waals surface area contributed by atoms with E-state index in [0.29, 0.717) is 37.1 Å². The summed E-state index contributed by atoms with van der Waals surface area (Å²) in [6.07, 6.45) is 0.794. The van der Waals surface area contributed by atoms with Gasteiger partial charge in [-0.25, -0.2) is 0 Å². The predicted octanol–water partition coefficient (Wildman–Crippen LogP) is 0.551. The molecule has 1 atom stereocenters. The van der Waals surface area contributed by atoms with E-state index in [-0.39, 0.29) is 17.9 Å². The summed E-state index contributed by atoms with van der Waals surface area (Å²) in [5, 5.41) is 20.7. The number of nitrogens with zero attached hydrogens (tertiary/aromatic N) is 3. The Morgan fingerprint density at radius 2 is 1.67 bits per heavy atom. The molecule has 1 N–H and O–H groups in total. The molecule has 1 unspecified atom stereocenters. The number of carbonyl (C=O) groups is 2. The van der Waals surface area contributed by atoms with Crippen molar-refractivity contribution >= 4 is 11.8 Å². The average Bonchev–Trinajstić information content (AvgIpc) is 2.90. The summed E-state index contributed by atoms with van der Waals surface area (Å²) in [5.41, 5.74) is 2.72. The molecule has 6 heteroatoms. The van der Waals surface area contributed by atoms with Crippen LogP contribution < -0.4 is 5.32 Å². The molecule has 104 valence electrons. The number of fused-ring (bicyclic) bond motifs is 1. The van der Waals surface area contributed by atoms with E-state index < -0.39 is 0 Å². The Labute approximate surface area is 121 Å². The number of hydrogen-bond acceptors (Lipinski definition) is 5. The minimum absolute atomic E-state index is 0.247. The second-order valence-corrected chi connectivity index (χ2v) is 5.21. The molecule has 0 spiro atoms. The Morgan fingerprint density at radius 3 is 2.14 bits per heavy atom. The normalized spacial score (nSPS) is 21.3. The maximum atomic E-state index is 11.9. The van der Waals surface area contributed by atoms with Crippen molar-refractivity contribution in [1.29, 1.82) is 10.5 Å². The van der Waals surface area contributed by atoms with E-state index in [4.69, 9.17) is 0 Å². The fourth-order valence-corrected chi connectivity index (χ4v) is 2.98. The number of rotatable bonds is 1. The van der Waals surface area contributed by atoms with Gasteiger partial charge in [0.1, 0.15) is 0 Å². The van der Waals surface area contributed by atoms with Crippen LogP contribution in [0.5, 0.6) is 0 Å². The lowest BCUT2D eigenvalue weighted by molar-refractivity contribution is -0.137. The first kappa shape index (κ1) is 13.3. The van der Waals surface area contributed by atoms with Gasteiger partial charge in [-0.1, -0.05) is 0 Å². The summed E-state index contributed by atoms with van der Waals surface area (Å²) in [6, 6.07) is 7.17. The minimum atomic E-state index is -0.381. The largest absolute Gasteiger partial charge is 0.295 e. The third-order valence-electron chi connectivity index (χ3n) is 4.05. The van der Waals surface area contributed by atoms with Crippen molar-refractivity contribution in [3.63, 3.8) is 0 Å². The fourth-order valence-electron chi connectivity index (χ4n) is 2.98. The van der Waals surface area contributed by atoms with Crippen molar-refractivity contribution in [3.8, 4) is 12.1 Å². The lowest BCUT2D eigenvalue weighted by atomic mass is 9.99. The highest BCUT2D eigenvalue weighted by Gasteiger charge is 2.36. The molecule has 0 saturated carbocycles. The minimum Gasteiger partial charge on any atom is -0.295 e. The number of nitrogens with one attached hydrogen (secondary N) is 1. The Bertz CT molecular complexity index is 683. The van der Waals surface area contributed by atoms with E-state index in [1.54, 1.807) is 12.1 Å². The van der Waals surface area contributed by atoms with E-state index in [1.165, 1.54) is 0 Å². The second kappa shape index (κ2) is 5.01. The van der Waals surface area contributed by atoms with Gasteiger partial charge in [-0.15, -0.1) is 0 Å². The molecular formula is C15H12N4O2. The van der Waals surface area contributed by atoms with Crippen molar-refractivity contribution in [2.45, 2.75) is 32.0 Å². The molecule has 2 aliphatic rings. The predicted molar refractivity (Wildman–Crippen MR) is 71.3 cm³/mol. The molecule has 2 amide bonds. The molecule has 0 radical (unpaired) electrons. The Morgan fingerprint density at radius 1 is 1.10 bits per heavy atom. The van der Waals surface area contributed by atoms with Gasteiger partial charge >= 0.3 is 0 Å². The van der Waals surface area contributed by atoms with Crippen LogP contribution in [0.15, 0.2) is 12.1 Å². The number of imide groups is 1. The zero-order valence-corrected chi connectivity index (χ0v) is 11.2. The summed E-state index contributed by atoms with van der Waals surface area (Å²) in [6.45, 7) is 0.917. The van der Waals surface area contributed by atoms with Gasteiger partial charge < -0.3 is 0 Å². The van der Waals surface area contributed by atoms with E-state index >= 15 is 0 Å². The second-order valence-electron chi connectivity index (χ2n) is 5.21. The van der Waals surface area contributed by atoms with Crippen LogP contribution in [-0.2, 0) is 22.7 Å². The van der Waals surface area contributed by atoms with Crippen molar-refractivity contribution in [2.75, 3.05) is 0 Å². The lowest BCUT2D eigenvalue weighted by Crippen LogP contribution is -2.50. The molecule has 2 aliphatic heterocycles. The Balaban J connectivity index is 1.91. The smallest absolute Gasteiger partial charge is 0.243 e. The molecule has 1 aromatic carbocycles. The van der Waals surface area contributed by atoms with Crippen molar-refractivity contribution in [1.82, 2.24) is 10.2 Å². The van der Waals surface area contributed by atoms with Gasteiger partial charge in [-0.2, -0.15) is 10.5 Å². The van der Waals surface area contributed by atoms with Gasteiger partial charge in [0.25, 0.3) is 0 Å². The summed E-state index contributed by atoms with van der Waals surface area (Å²) in [4.78, 5) is 25.1. The van der Waals surface area contributed by atoms with E-state index in [9.17, 15) is 20.1 Å². The topological polar surface area (TPSA) is 97.0 Å². The Hall–Kier alpha value is -2.70. The maximum Gasteiger partial charge on any atom is 0.243 e. The number of piperidine rings is 1. The molecule has 3 rings (SSSR count). The molecule has 0 aromatic heterocycles. The van der Waals surface area contributed by atoms with Gasteiger partial charge in [-0.3, -0.25) is 19.8 Å². The van der Waals surface area contributed by atoms with Crippen LogP contribution >= 0.6 is 0 Å². The number of amides is 2. The van der Waals surface area contributed by atoms with Crippen LogP contribution in [0.4, 0.5) is 0 Å². The highest BCUT2D eigenvalue weighted by molar-refractivity contribution is 6.00. The molecule has 1 saturated heterocycles. The quantitative estimate of drug-likeness (QED) is 0.758. The molecule has 1 fully saturated rings. The third kappa shape index (κ3) is 2.16. The maximum absolute atomic E-state index is 11.9. The average molecular weight is 280 g/mol. The number of hydrogen-bond donors (Lipinski definition) is 1. The summed E-state index contributed by atoms with van der Waals surface area (Å²) >= 11 is 0. The van der Waals surface area contributed by atoms with Crippen LogP contribution in [0, 0.1) is 22.7 Å². The molecule has 6 nitrogen and oxygen atoms in total. The van der Waals surface area contributed by atoms with Crippen LogP contribution in [0.2, 0.25) is 0 Å². The number of benzene rings is 1. The summed E-state index contributed by atoms with van der Waals surface area (Å²) in [7, 11) is 0. The van der Waals surface area contributed by atoms with Gasteiger partial charge in [-0.05, 0) is 29.7 Å². The molecule has 2 heterocycles. The van der Waals surface area contributed by atoms with Crippen LogP contribution in [-0.4, -0.2) is 22.8 Å². The van der Waals surface area contributed by atoms with Crippen molar-refractivity contribution in [3.05, 3.63) is 34.4 Å². The molecule has 0 aliphatic carbocycles. The fraction of sp³-hybridized carbons (Fsp3) is 0.333. The van der Waals surface area contributed by atoms with E-state index in [1.807, 2.05) is 4.90 Å². The van der Waals surface area contributed by atoms with Gasteiger partial charge in [0.15, 0.2) is 0 Å². The van der Waals surface area contributed by atoms with Crippen molar-refractivity contribution in [2.24, 2.45) is 0 Å². The number of nitriles is 2. The molecular weight excluding hydrogens is 268 g/mol. The standard InChI is InChI=1S/C15H12N4O2/c16-5-9-1-2-10(6-17)12-8-19(7-11(9)12)13-3-4-14(20)18-15(13)21/h1-2,13H,3-4,7-8H2,(H,18,20,21). The first-order valence-electron chi connectivity index (χ1n) is 6.66. The highest BCUT2D eigenvalue weighted by Crippen LogP contribution is 2.31. The number of carbonyl (C=O) groups excluding carboxylic acids is 2. The Kier molecular flexibility index (Phi) is 3.17. The summed E-state index contributed by atoms with van der Waals surface area (Å²) in [5.74, 6) is -0.542. The third-order valence-corrected chi connectivity index (χ3v) is 4.05. The lowest BCUT2D eigenvalue weighted by Gasteiger charge is -2.29. The SMILES string of the molecule is N#Cc1ccc(C#N)c2c1CN(C1CCC(=O)NC1=O)C2.